The van der Waals surface area contributed by atoms with E-state index in [9.17, 15) is 26.4 Å². The van der Waals surface area contributed by atoms with E-state index in [0.717, 1.165) is 12.4 Å². The van der Waals surface area contributed by atoms with E-state index in [2.05, 4.69) is 9.97 Å². The van der Waals surface area contributed by atoms with E-state index in [1.54, 1.807) is 11.8 Å². The number of halogens is 3. The van der Waals surface area contributed by atoms with Crippen LogP contribution in [-0.4, -0.2) is 47.9 Å². The molecule has 1 fully saturated rings. The van der Waals surface area contributed by atoms with Gasteiger partial charge < -0.3 is 15.4 Å². The number of nitrogen functional groups attached to an aromatic ring is 1. The Morgan fingerprint density at radius 3 is 2.28 bits per heavy atom. The van der Waals surface area contributed by atoms with Gasteiger partial charge in [-0.3, -0.25) is 9.36 Å². The number of benzene rings is 1. The van der Waals surface area contributed by atoms with Crippen molar-refractivity contribution >= 4 is 21.5 Å². The molecular weight excluding hydrogens is 499 g/mol. The maximum absolute atomic E-state index is 12.7. The molecular formula is C23H24F3N5O4S. The summed E-state index contributed by atoms with van der Waals surface area (Å²) in [4.78, 5) is 22.3. The minimum absolute atomic E-state index is 0.0262. The van der Waals surface area contributed by atoms with Crippen LogP contribution in [0.15, 0.2) is 58.6 Å². The molecule has 1 aliphatic heterocycles. The van der Waals surface area contributed by atoms with Gasteiger partial charge in [-0.1, -0.05) is 6.92 Å². The Balaban J connectivity index is 1.41. The van der Waals surface area contributed by atoms with Gasteiger partial charge in [0.25, 0.3) is 5.56 Å². The van der Waals surface area contributed by atoms with E-state index < -0.39 is 27.1 Å². The molecule has 2 aromatic heterocycles. The van der Waals surface area contributed by atoms with E-state index in [0.29, 0.717) is 31.6 Å². The highest BCUT2D eigenvalue weighted by molar-refractivity contribution is 7.91. The van der Waals surface area contributed by atoms with Gasteiger partial charge in [-0.2, -0.15) is 13.2 Å². The lowest BCUT2D eigenvalue weighted by Crippen LogP contribution is -2.39. The molecule has 2 N–H and O–H groups in total. The Morgan fingerprint density at radius 1 is 1.11 bits per heavy atom. The Bertz CT molecular complexity index is 1380. The van der Waals surface area contributed by atoms with E-state index in [1.807, 2.05) is 0 Å². The van der Waals surface area contributed by atoms with Crippen LogP contribution in [-0.2, 0) is 16.0 Å². The number of pyridine rings is 1. The van der Waals surface area contributed by atoms with Crippen molar-refractivity contribution in [2.45, 2.75) is 36.9 Å². The molecule has 0 aliphatic carbocycles. The third-order valence-corrected chi connectivity index (χ3v) is 7.63. The van der Waals surface area contributed by atoms with Crippen LogP contribution in [0.3, 0.4) is 0 Å². The molecule has 0 atom stereocenters. The highest BCUT2D eigenvalue weighted by Gasteiger charge is 2.32. The second-order valence-corrected chi connectivity index (χ2v) is 10.6. The summed E-state index contributed by atoms with van der Waals surface area (Å²) in [6.45, 7) is 2.47. The first-order chi connectivity index (χ1) is 17.0. The van der Waals surface area contributed by atoms with Crippen molar-refractivity contribution in [2.24, 2.45) is 0 Å². The number of piperidine rings is 1. The number of aromatic nitrogens is 3. The number of rotatable bonds is 6. The predicted octanol–water partition coefficient (Wildman–Crippen LogP) is 3.07. The summed E-state index contributed by atoms with van der Waals surface area (Å²) < 4.78 is 69.4. The molecule has 0 spiro atoms. The van der Waals surface area contributed by atoms with Gasteiger partial charge in [-0.25, -0.2) is 18.4 Å². The Labute approximate surface area is 205 Å². The first-order valence-corrected chi connectivity index (χ1v) is 12.8. The zero-order valence-electron chi connectivity index (χ0n) is 19.3. The molecule has 1 aliphatic rings. The lowest BCUT2D eigenvalue weighted by atomic mass is 10.1. The first-order valence-electron chi connectivity index (χ1n) is 11.1. The quantitative estimate of drug-likeness (QED) is 0.524. The van der Waals surface area contributed by atoms with Crippen LogP contribution in [0, 0.1) is 0 Å². The molecule has 192 valence electrons. The molecule has 0 saturated carbocycles. The van der Waals surface area contributed by atoms with Crippen molar-refractivity contribution in [2.75, 3.05) is 29.5 Å². The fourth-order valence-corrected chi connectivity index (χ4v) is 4.68. The van der Waals surface area contributed by atoms with E-state index in [1.165, 1.54) is 41.1 Å². The van der Waals surface area contributed by atoms with Crippen LogP contribution in [0.1, 0.15) is 25.3 Å². The average molecular weight is 524 g/mol. The summed E-state index contributed by atoms with van der Waals surface area (Å²) in [5.41, 5.74) is 5.51. The summed E-state index contributed by atoms with van der Waals surface area (Å²) in [5, 5.41) is 0. The molecule has 36 heavy (non-hydrogen) atoms. The van der Waals surface area contributed by atoms with Gasteiger partial charge in [0.15, 0.2) is 9.84 Å². The third-order valence-electron chi connectivity index (χ3n) is 5.88. The third kappa shape index (κ3) is 5.45. The van der Waals surface area contributed by atoms with Crippen molar-refractivity contribution in [1.29, 1.82) is 0 Å². The lowest BCUT2D eigenvalue weighted by Gasteiger charge is -2.32. The van der Waals surface area contributed by atoms with Crippen molar-refractivity contribution in [1.82, 2.24) is 14.5 Å². The largest absolute Gasteiger partial charge is 0.488 e. The molecule has 9 nitrogen and oxygen atoms in total. The van der Waals surface area contributed by atoms with Crippen LogP contribution < -0.4 is 20.9 Å². The first kappa shape index (κ1) is 25.5. The van der Waals surface area contributed by atoms with Crippen LogP contribution >= 0.6 is 0 Å². The Morgan fingerprint density at radius 2 is 1.72 bits per heavy atom. The van der Waals surface area contributed by atoms with E-state index >= 15 is 0 Å². The van der Waals surface area contributed by atoms with Gasteiger partial charge >= 0.3 is 6.18 Å². The van der Waals surface area contributed by atoms with Crippen molar-refractivity contribution in [3.63, 3.8) is 0 Å². The summed E-state index contributed by atoms with van der Waals surface area (Å²) in [7, 11) is -3.36. The molecule has 1 saturated heterocycles. The smallest absolute Gasteiger partial charge is 0.419 e. The predicted molar refractivity (Wildman–Crippen MR) is 127 cm³/mol. The van der Waals surface area contributed by atoms with Gasteiger partial charge in [0, 0.05) is 56.3 Å². The van der Waals surface area contributed by atoms with Crippen molar-refractivity contribution in [3.8, 4) is 11.4 Å². The Kier molecular flexibility index (Phi) is 6.94. The summed E-state index contributed by atoms with van der Waals surface area (Å²) in [5.74, 6) is 0.411. The fraction of sp³-hybridized carbons (Fsp3) is 0.348. The SMILES string of the molecule is CCS(=O)(=O)c1ccc(-n2cc(N)c(OC3CCN(c4ncc(C(F)(F)F)cn4)CC3)cc2=O)cc1. The van der Waals surface area contributed by atoms with Gasteiger partial charge in [0.1, 0.15) is 11.9 Å². The summed E-state index contributed by atoms with van der Waals surface area (Å²) in [6, 6.07) is 7.22. The van der Waals surface area contributed by atoms with E-state index in [-0.39, 0.29) is 34.1 Å². The van der Waals surface area contributed by atoms with Crippen molar-refractivity contribution < 1.29 is 26.3 Å². The second-order valence-electron chi connectivity index (χ2n) is 8.27. The van der Waals surface area contributed by atoms with Crippen LogP contribution in [0.4, 0.5) is 24.8 Å². The number of nitrogens with two attached hydrogens (primary N) is 1. The number of sulfone groups is 1. The van der Waals surface area contributed by atoms with Crippen LogP contribution in [0.25, 0.3) is 5.69 Å². The summed E-state index contributed by atoms with van der Waals surface area (Å²) >= 11 is 0. The number of nitrogens with zero attached hydrogens (tertiary/aromatic N) is 4. The van der Waals surface area contributed by atoms with Gasteiger partial charge in [-0.15, -0.1) is 0 Å². The number of alkyl halides is 3. The van der Waals surface area contributed by atoms with Gasteiger partial charge in [-0.05, 0) is 24.3 Å². The Hall–Kier alpha value is -3.61. The number of hydrogen-bond donors (Lipinski definition) is 1. The number of anilines is 2. The highest BCUT2D eigenvalue weighted by Crippen LogP contribution is 2.29. The minimum Gasteiger partial charge on any atom is -0.488 e. The van der Waals surface area contributed by atoms with Gasteiger partial charge in [0.2, 0.25) is 5.95 Å². The van der Waals surface area contributed by atoms with E-state index in [4.69, 9.17) is 10.5 Å². The fourth-order valence-electron chi connectivity index (χ4n) is 3.80. The number of hydrogen-bond acceptors (Lipinski definition) is 8. The maximum atomic E-state index is 12.7. The highest BCUT2D eigenvalue weighted by atomic mass is 32.2. The monoisotopic (exact) mass is 523 g/mol. The molecule has 0 radical (unpaired) electrons. The van der Waals surface area contributed by atoms with Crippen molar-refractivity contribution in [3.05, 3.63) is 64.8 Å². The molecule has 3 aromatic rings. The second kappa shape index (κ2) is 9.80. The van der Waals surface area contributed by atoms with Crippen LogP contribution in [0.2, 0.25) is 0 Å². The number of ether oxygens (including phenoxy) is 1. The zero-order chi connectivity index (χ0) is 26.1. The molecule has 3 heterocycles. The van der Waals surface area contributed by atoms with Crippen LogP contribution in [0.5, 0.6) is 5.75 Å². The van der Waals surface area contributed by atoms with Gasteiger partial charge in [0.05, 0.1) is 21.9 Å². The molecule has 13 heteroatoms. The molecule has 4 rings (SSSR count). The topological polar surface area (TPSA) is 120 Å². The maximum Gasteiger partial charge on any atom is 0.419 e. The molecule has 0 bridgehead atoms. The zero-order valence-corrected chi connectivity index (χ0v) is 20.1. The lowest BCUT2D eigenvalue weighted by molar-refractivity contribution is -0.138. The average Bonchev–Trinajstić information content (AvgIpc) is 2.86. The summed E-state index contributed by atoms with van der Waals surface area (Å²) in [6.07, 6.45) is -0.750. The standard InChI is InChI=1S/C23H24F3N5O4S/c1-2-36(33,34)18-5-3-16(4-6-18)31-14-19(27)20(11-21(31)32)35-17-7-9-30(10-8-17)22-28-12-15(13-29-22)23(24,25)26/h3-6,11-14,17H,2,7-10,27H2,1H3. The molecule has 0 unspecified atom stereocenters. The molecule has 1 aromatic carbocycles. The molecule has 0 amide bonds. The minimum atomic E-state index is -4.49. The normalized spacial score (nSPS) is 15.2.